The van der Waals surface area contributed by atoms with Crippen molar-refractivity contribution in [1.29, 1.82) is 0 Å². The van der Waals surface area contributed by atoms with Gasteiger partial charge in [-0.1, -0.05) is 78.9 Å². The molecule has 1 amide bonds. The number of imidazole rings is 1. The maximum absolute atomic E-state index is 14.0. The largest absolute Gasteiger partial charge is 0.505 e. The average Bonchev–Trinajstić information content (AvgIpc) is 3.76. The summed E-state index contributed by atoms with van der Waals surface area (Å²) >= 11 is 8.96. The number of benzene rings is 2. The van der Waals surface area contributed by atoms with E-state index in [-0.39, 0.29) is 22.2 Å². The number of amides is 1. The van der Waals surface area contributed by atoms with Crippen LogP contribution >= 0.6 is 34.7 Å². The Balaban J connectivity index is 1.45. The average molecular weight is 718 g/mol. The molecule has 0 saturated carbocycles. The number of hydrogen-bond acceptors (Lipinski definition) is 10. The van der Waals surface area contributed by atoms with Crippen LogP contribution in [0.4, 0.5) is 5.13 Å². The first-order chi connectivity index (χ1) is 23.6. The highest BCUT2D eigenvalue weighted by Gasteiger charge is 2.49. The van der Waals surface area contributed by atoms with Gasteiger partial charge in [0.25, 0.3) is 5.78 Å². The molecule has 3 aromatic heterocycles. The lowest BCUT2D eigenvalue weighted by molar-refractivity contribution is -0.132. The Morgan fingerprint density at radius 3 is 2.59 bits per heavy atom. The van der Waals surface area contributed by atoms with Crippen molar-refractivity contribution in [2.75, 3.05) is 18.1 Å². The molecule has 254 valence electrons. The van der Waals surface area contributed by atoms with E-state index >= 15 is 0 Å². The Kier molecular flexibility index (Phi) is 10.3. The van der Waals surface area contributed by atoms with Gasteiger partial charge in [0.2, 0.25) is 5.13 Å². The van der Waals surface area contributed by atoms with E-state index in [0.717, 1.165) is 17.5 Å². The van der Waals surface area contributed by atoms with Gasteiger partial charge in [-0.3, -0.25) is 14.5 Å². The number of anilines is 1. The number of aromatic nitrogens is 4. The molecule has 2 aromatic carbocycles. The molecule has 1 fully saturated rings. The molecule has 49 heavy (non-hydrogen) atoms. The van der Waals surface area contributed by atoms with Crippen molar-refractivity contribution in [3.63, 3.8) is 0 Å². The molecule has 1 N–H and O–H groups in total. The highest BCUT2D eigenvalue weighted by atomic mass is 35.5. The van der Waals surface area contributed by atoms with Crippen molar-refractivity contribution in [3.8, 4) is 11.5 Å². The van der Waals surface area contributed by atoms with Crippen LogP contribution in [0.5, 0.6) is 11.5 Å². The maximum Gasteiger partial charge on any atom is 0.301 e. The molecule has 0 spiro atoms. The number of thioether (sulfide) groups is 1. The van der Waals surface area contributed by atoms with Crippen LogP contribution in [0.1, 0.15) is 61.3 Å². The molecule has 6 rings (SSSR count). The number of carbonyl (C=O) groups is 2. The van der Waals surface area contributed by atoms with Gasteiger partial charge in [0.1, 0.15) is 11.3 Å². The number of Topliss-reactive ketones (excluding diaryl/α,β-unsaturated/α-hetero) is 1. The molecule has 1 aliphatic rings. The summed E-state index contributed by atoms with van der Waals surface area (Å²) in [6, 6.07) is 15.6. The Morgan fingerprint density at radius 2 is 1.86 bits per heavy atom. The van der Waals surface area contributed by atoms with E-state index < -0.39 is 17.7 Å². The Labute approximate surface area is 297 Å². The van der Waals surface area contributed by atoms with Gasteiger partial charge in [-0.15, -0.1) is 10.2 Å². The highest BCUT2D eigenvalue weighted by molar-refractivity contribution is 8.00. The highest BCUT2D eigenvalue weighted by Crippen LogP contribution is 2.46. The maximum atomic E-state index is 14.0. The van der Waals surface area contributed by atoms with Crippen LogP contribution in [0.2, 0.25) is 5.02 Å². The van der Waals surface area contributed by atoms with Gasteiger partial charge < -0.3 is 19.0 Å². The molecule has 13 heteroatoms. The number of ether oxygens (including phenoxy) is 2. The summed E-state index contributed by atoms with van der Waals surface area (Å²) in [6.45, 7) is 10.7. The number of ketones is 1. The van der Waals surface area contributed by atoms with Crippen LogP contribution in [0.3, 0.4) is 0 Å². The minimum Gasteiger partial charge on any atom is -0.505 e. The van der Waals surface area contributed by atoms with E-state index in [2.05, 4.69) is 24.0 Å². The number of fused-ring (bicyclic) bond motifs is 1. The van der Waals surface area contributed by atoms with Crippen LogP contribution in [0.25, 0.3) is 11.4 Å². The third kappa shape index (κ3) is 6.90. The number of hydrogen-bond donors (Lipinski definition) is 1. The standard InChI is InChI=1S/C36H36ClN5O5S2/c1-6-46-27-18-23(13-14-26(27)47-17-15-20(2)3)30-28(31(43)29-22(5)41-16-9-10-21(4)33(41)38-29)32(44)34(45)42(30)35-39-40-36(49-35)48-19-24-11-7-8-12-25(24)37/h7-14,16,18,20,30,43H,6,15,17,19H2,1-5H3. The van der Waals surface area contributed by atoms with Crippen molar-refractivity contribution in [2.45, 2.75) is 57.2 Å². The van der Waals surface area contributed by atoms with E-state index in [1.54, 1.807) is 18.2 Å². The SMILES string of the molecule is CCOc1cc(C2C(=C(O)c3nc4c(C)cccn4c3C)C(=O)C(=O)N2c2nnc(SCc3ccccc3Cl)s2)ccc1OCCC(C)C. The summed E-state index contributed by atoms with van der Waals surface area (Å²) in [5.74, 6) is -0.0599. The number of aryl methyl sites for hydroxylation is 2. The van der Waals surface area contributed by atoms with E-state index in [0.29, 0.717) is 62.7 Å². The number of nitrogens with zero attached hydrogens (tertiary/aromatic N) is 5. The van der Waals surface area contributed by atoms with Crippen LogP contribution in [-0.4, -0.2) is 49.6 Å². The molecule has 1 atom stereocenters. The van der Waals surface area contributed by atoms with Gasteiger partial charge in [0.05, 0.1) is 30.5 Å². The van der Waals surface area contributed by atoms with Crippen LogP contribution in [0, 0.1) is 19.8 Å². The minimum atomic E-state index is -1.05. The summed E-state index contributed by atoms with van der Waals surface area (Å²) < 4.78 is 14.5. The second kappa shape index (κ2) is 14.6. The smallest absolute Gasteiger partial charge is 0.301 e. The third-order valence-corrected chi connectivity index (χ3v) is 10.7. The van der Waals surface area contributed by atoms with E-state index in [1.807, 2.05) is 67.8 Å². The number of aliphatic hydroxyl groups excluding tert-OH is 1. The van der Waals surface area contributed by atoms with Gasteiger partial charge in [-0.25, -0.2) is 4.98 Å². The Hall–Kier alpha value is -4.39. The molecule has 0 bridgehead atoms. The van der Waals surface area contributed by atoms with Crippen LogP contribution in [0.15, 0.2) is 70.7 Å². The fourth-order valence-corrected chi connectivity index (χ4v) is 7.77. The number of carbonyl (C=O) groups excluding carboxylic acids is 2. The van der Waals surface area contributed by atoms with Crippen molar-refractivity contribution >= 4 is 62.9 Å². The molecule has 5 aromatic rings. The molecule has 4 heterocycles. The lowest BCUT2D eigenvalue weighted by Crippen LogP contribution is -2.29. The molecule has 0 radical (unpaired) electrons. The molecule has 0 aliphatic carbocycles. The topological polar surface area (TPSA) is 119 Å². The van der Waals surface area contributed by atoms with Gasteiger partial charge in [-0.2, -0.15) is 0 Å². The zero-order valence-corrected chi connectivity index (χ0v) is 30.2. The quantitative estimate of drug-likeness (QED) is 0.0448. The predicted octanol–water partition coefficient (Wildman–Crippen LogP) is 8.20. The lowest BCUT2D eigenvalue weighted by atomic mass is 9.96. The summed E-state index contributed by atoms with van der Waals surface area (Å²) in [6.07, 6.45) is 2.70. The van der Waals surface area contributed by atoms with E-state index in [9.17, 15) is 14.7 Å². The second-order valence-electron chi connectivity index (χ2n) is 12.0. The normalized spacial score (nSPS) is 15.9. The first-order valence-electron chi connectivity index (χ1n) is 15.9. The summed E-state index contributed by atoms with van der Waals surface area (Å²) in [7, 11) is 0. The fourth-order valence-electron chi connectivity index (χ4n) is 5.62. The van der Waals surface area contributed by atoms with Gasteiger partial charge in [0.15, 0.2) is 21.6 Å². The van der Waals surface area contributed by atoms with Crippen molar-refractivity contribution in [1.82, 2.24) is 19.6 Å². The van der Waals surface area contributed by atoms with Crippen LogP contribution < -0.4 is 14.4 Å². The van der Waals surface area contributed by atoms with Crippen molar-refractivity contribution in [3.05, 3.63) is 99.5 Å². The Bertz CT molecular complexity index is 2070. The number of rotatable bonds is 12. The first kappa shape index (κ1) is 34.5. The molecular formula is C36H36ClN5O5S2. The van der Waals surface area contributed by atoms with Gasteiger partial charge in [-0.05, 0) is 74.1 Å². The van der Waals surface area contributed by atoms with E-state index in [4.69, 9.17) is 26.1 Å². The zero-order chi connectivity index (χ0) is 34.8. The molecule has 1 unspecified atom stereocenters. The molecule has 10 nitrogen and oxygen atoms in total. The van der Waals surface area contributed by atoms with Gasteiger partial charge in [0, 0.05) is 17.0 Å². The summed E-state index contributed by atoms with van der Waals surface area (Å²) in [4.78, 5) is 33.9. The molecule has 1 aliphatic heterocycles. The van der Waals surface area contributed by atoms with Crippen molar-refractivity contribution in [2.24, 2.45) is 5.92 Å². The van der Waals surface area contributed by atoms with Gasteiger partial charge >= 0.3 is 5.91 Å². The van der Waals surface area contributed by atoms with E-state index in [1.165, 1.54) is 28.0 Å². The number of pyridine rings is 1. The second-order valence-corrected chi connectivity index (χ2v) is 14.6. The first-order valence-corrected chi connectivity index (χ1v) is 18.1. The molecule has 1 saturated heterocycles. The number of halogens is 1. The lowest BCUT2D eigenvalue weighted by Gasteiger charge is -2.23. The summed E-state index contributed by atoms with van der Waals surface area (Å²) in [5.41, 5.74) is 3.72. The fraction of sp³-hybridized carbons (Fsp3) is 0.306. The third-order valence-electron chi connectivity index (χ3n) is 8.20. The summed E-state index contributed by atoms with van der Waals surface area (Å²) in [5, 5.41) is 21.4. The monoisotopic (exact) mass is 717 g/mol. The Morgan fingerprint density at radius 1 is 1.06 bits per heavy atom. The van der Waals surface area contributed by atoms with Crippen molar-refractivity contribution < 1.29 is 24.2 Å². The predicted molar refractivity (Wildman–Crippen MR) is 193 cm³/mol. The van der Waals surface area contributed by atoms with Crippen LogP contribution in [-0.2, 0) is 15.3 Å². The zero-order valence-electron chi connectivity index (χ0n) is 27.8. The number of aliphatic hydroxyl groups is 1. The minimum absolute atomic E-state index is 0.106. The molecular weight excluding hydrogens is 682 g/mol.